The average Bonchev–Trinajstić information content (AvgIpc) is 3.22. The Labute approximate surface area is 220 Å². The second-order valence-corrected chi connectivity index (χ2v) is 10.4. The molecule has 1 aliphatic carbocycles. The standard InChI is InChI=1S/C35H32N2/c1-35(2)31-23-32(36-3)30(22-33(31)37-34(35)25-16-8-5-9-17-25)29-21-13-12-20-28(29)27-19-11-10-18-26(27)24-14-6-4-7-15-24/h4-18,20-23,27,36H,19H2,1-3H3. The predicted molar refractivity (Wildman–Crippen MR) is 158 cm³/mol. The predicted octanol–water partition coefficient (Wildman–Crippen LogP) is 8.93. The van der Waals surface area contributed by atoms with E-state index in [2.05, 4.69) is 134 Å². The summed E-state index contributed by atoms with van der Waals surface area (Å²) in [6.45, 7) is 4.56. The molecule has 1 unspecified atom stereocenters. The summed E-state index contributed by atoms with van der Waals surface area (Å²) in [5, 5.41) is 3.51. The lowest BCUT2D eigenvalue weighted by Crippen LogP contribution is -2.26. The van der Waals surface area contributed by atoms with Crippen molar-refractivity contribution in [1.82, 2.24) is 0 Å². The first-order valence-electron chi connectivity index (χ1n) is 13.1. The molecule has 0 bridgehead atoms. The molecule has 0 saturated heterocycles. The molecule has 1 atom stereocenters. The van der Waals surface area contributed by atoms with Crippen LogP contribution in [0.4, 0.5) is 11.4 Å². The molecule has 1 N–H and O–H groups in total. The Morgan fingerprint density at radius 1 is 0.784 bits per heavy atom. The van der Waals surface area contributed by atoms with E-state index in [4.69, 9.17) is 4.99 Å². The van der Waals surface area contributed by atoms with Gasteiger partial charge in [0.25, 0.3) is 0 Å². The highest BCUT2D eigenvalue weighted by molar-refractivity contribution is 6.13. The molecule has 2 aliphatic rings. The maximum absolute atomic E-state index is 5.21. The van der Waals surface area contributed by atoms with Gasteiger partial charge in [-0.25, -0.2) is 0 Å². The zero-order chi connectivity index (χ0) is 25.4. The topological polar surface area (TPSA) is 24.4 Å². The fourth-order valence-corrected chi connectivity index (χ4v) is 5.92. The summed E-state index contributed by atoms with van der Waals surface area (Å²) in [6.07, 6.45) is 7.74. The van der Waals surface area contributed by atoms with Gasteiger partial charge in [-0.1, -0.05) is 117 Å². The highest BCUT2D eigenvalue weighted by atomic mass is 14.9. The second kappa shape index (κ2) is 9.37. The maximum Gasteiger partial charge on any atom is 0.0682 e. The number of fused-ring (bicyclic) bond motifs is 1. The number of benzene rings is 4. The van der Waals surface area contributed by atoms with Crippen LogP contribution in [0, 0.1) is 0 Å². The highest BCUT2D eigenvalue weighted by Crippen LogP contribution is 2.48. The summed E-state index contributed by atoms with van der Waals surface area (Å²) in [5.74, 6) is 0.293. The summed E-state index contributed by atoms with van der Waals surface area (Å²) in [6, 6.07) is 34.8. The van der Waals surface area contributed by atoms with Crippen LogP contribution in [0.2, 0.25) is 0 Å². The van der Waals surface area contributed by atoms with Crippen LogP contribution in [-0.2, 0) is 5.41 Å². The molecule has 1 heterocycles. The van der Waals surface area contributed by atoms with Crippen molar-refractivity contribution in [2.24, 2.45) is 4.99 Å². The smallest absolute Gasteiger partial charge is 0.0682 e. The van der Waals surface area contributed by atoms with Crippen LogP contribution in [0.15, 0.2) is 120 Å². The van der Waals surface area contributed by atoms with Gasteiger partial charge >= 0.3 is 0 Å². The average molecular weight is 481 g/mol. The zero-order valence-corrected chi connectivity index (χ0v) is 21.7. The summed E-state index contributed by atoms with van der Waals surface area (Å²) in [7, 11) is 2.02. The molecule has 0 aromatic heterocycles. The van der Waals surface area contributed by atoms with Gasteiger partial charge in [-0.15, -0.1) is 0 Å². The van der Waals surface area contributed by atoms with Gasteiger partial charge in [0.05, 0.1) is 11.4 Å². The third-order valence-corrected chi connectivity index (χ3v) is 7.84. The first kappa shape index (κ1) is 23.2. The molecule has 0 fully saturated rings. The molecule has 4 aromatic rings. The number of nitrogens with one attached hydrogen (secondary N) is 1. The SMILES string of the molecule is CNc1cc2c(cc1-c1ccccc1C1CC=CC=C1c1ccccc1)N=C(c1ccccc1)C2(C)C. The Morgan fingerprint density at radius 2 is 1.46 bits per heavy atom. The van der Waals surface area contributed by atoms with Gasteiger partial charge in [-0.05, 0) is 51.9 Å². The minimum absolute atomic E-state index is 0.169. The van der Waals surface area contributed by atoms with Crippen molar-refractivity contribution in [2.45, 2.75) is 31.6 Å². The van der Waals surface area contributed by atoms with E-state index in [9.17, 15) is 0 Å². The van der Waals surface area contributed by atoms with Gasteiger partial charge in [0.1, 0.15) is 0 Å². The molecule has 6 rings (SSSR count). The maximum atomic E-state index is 5.21. The van der Waals surface area contributed by atoms with Crippen LogP contribution >= 0.6 is 0 Å². The van der Waals surface area contributed by atoms with E-state index in [1.165, 1.54) is 39.0 Å². The van der Waals surface area contributed by atoms with E-state index in [0.717, 1.165) is 23.5 Å². The Kier molecular flexibility index (Phi) is 5.88. The van der Waals surface area contributed by atoms with E-state index in [1.54, 1.807) is 0 Å². The third-order valence-electron chi connectivity index (χ3n) is 7.84. The van der Waals surface area contributed by atoms with Crippen molar-refractivity contribution in [2.75, 3.05) is 12.4 Å². The Bertz CT molecular complexity index is 1540. The van der Waals surface area contributed by atoms with E-state index in [-0.39, 0.29) is 5.41 Å². The number of anilines is 1. The molecular weight excluding hydrogens is 448 g/mol. The molecule has 0 radical (unpaired) electrons. The van der Waals surface area contributed by atoms with E-state index >= 15 is 0 Å². The van der Waals surface area contributed by atoms with Crippen molar-refractivity contribution in [3.05, 3.63) is 138 Å². The number of rotatable bonds is 5. The Hall–Kier alpha value is -4.17. The Balaban J connectivity index is 1.49. The minimum atomic E-state index is -0.169. The molecule has 0 amide bonds. The third kappa shape index (κ3) is 4.03. The number of allylic oxidation sites excluding steroid dienone is 4. The van der Waals surface area contributed by atoms with Gasteiger partial charge in [-0.2, -0.15) is 0 Å². The monoisotopic (exact) mass is 480 g/mol. The van der Waals surface area contributed by atoms with Crippen molar-refractivity contribution < 1.29 is 0 Å². The molecule has 37 heavy (non-hydrogen) atoms. The summed E-state index contributed by atoms with van der Waals surface area (Å²) >= 11 is 0. The number of nitrogens with zero attached hydrogens (tertiary/aromatic N) is 1. The minimum Gasteiger partial charge on any atom is -0.388 e. The molecule has 2 nitrogen and oxygen atoms in total. The lowest BCUT2D eigenvalue weighted by atomic mass is 9.77. The molecule has 0 spiro atoms. The quantitative estimate of drug-likeness (QED) is 0.303. The normalized spacial score (nSPS) is 17.6. The van der Waals surface area contributed by atoms with Gasteiger partial charge in [0.2, 0.25) is 0 Å². The fourth-order valence-electron chi connectivity index (χ4n) is 5.92. The summed E-state index contributed by atoms with van der Waals surface area (Å²) in [4.78, 5) is 5.21. The zero-order valence-electron chi connectivity index (χ0n) is 21.7. The molecule has 4 aromatic carbocycles. The molecular formula is C35H32N2. The van der Waals surface area contributed by atoms with Crippen LogP contribution in [0.3, 0.4) is 0 Å². The van der Waals surface area contributed by atoms with Crippen molar-refractivity contribution >= 4 is 22.7 Å². The molecule has 2 heteroatoms. The van der Waals surface area contributed by atoms with E-state index < -0.39 is 0 Å². The van der Waals surface area contributed by atoms with E-state index in [1.807, 2.05) is 7.05 Å². The van der Waals surface area contributed by atoms with E-state index in [0.29, 0.717) is 5.92 Å². The van der Waals surface area contributed by atoms with Gasteiger partial charge in [-0.3, -0.25) is 4.99 Å². The van der Waals surface area contributed by atoms with Crippen LogP contribution in [0.5, 0.6) is 0 Å². The van der Waals surface area contributed by atoms with Crippen LogP contribution < -0.4 is 5.32 Å². The second-order valence-electron chi connectivity index (χ2n) is 10.4. The van der Waals surface area contributed by atoms with Gasteiger partial charge in [0, 0.05) is 29.6 Å². The Morgan fingerprint density at radius 3 is 2.19 bits per heavy atom. The number of hydrogen-bond donors (Lipinski definition) is 1. The number of aliphatic imine (C=N–C) groups is 1. The van der Waals surface area contributed by atoms with Gasteiger partial charge in [0.15, 0.2) is 0 Å². The lowest BCUT2D eigenvalue weighted by Gasteiger charge is -2.27. The van der Waals surface area contributed by atoms with Crippen LogP contribution in [0.25, 0.3) is 16.7 Å². The van der Waals surface area contributed by atoms with Crippen molar-refractivity contribution in [3.8, 4) is 11.1 Å². The molecule has 1 aliphatic heterocycles. The lowest BCUT2D eigenvalue weighted by molar-refractivity contribution is 0.738. The first-order valence-corrected chi connectivity index (χ1v) is 13.1. The first-order chi connectivity index (χ1) is 18.1. The largest absolute Gasteiger partial charge is 0.388 e. The molecule has 182 valence electrons. The van der Waals surface area contributed by atoms with Crippen LogP contribution in [0.1, 0.15) is 48.4 Å². The fraction of sp³-hybridized carbons (Fsp3) is 0.171. The summed E-state index contributed by atoms with van der Waals surface area (Å²) < 4.78 is 0. The number of hydrogen-bond acceptors (Lipinski definition) is 2. The van der Waals surface area contributed by atoms with Crippen LogP contribution in [-0.4, -0.2) is 12.8 Å². The molecule has 0 saturated carbocycles. The van der Waals surface area contributed by atoms with Crippen molar-refractivity contribution in [1.29, 1.82) is 0 Å². The van der Waals surface area contributed by atoms with Gasteiger partial charge < -0.3 is 5.32 Å². The summed E-state index contributed by atoms with van der Waals surface area (Å²) in [5.41, 5.74) is 12.1. The highest BCUT2D eigenvalue weighted by Gasteiger charge is 2.37. The van der Waals surface area contributed by atoms with Crippen molar-refractivity contribution in [3.63, 3.8) is 0 Å².